The first kappa shape index (κ1) is 18.6. The molecule has 2 aromatic rings. The van der Waals surface area contributed by atoms with E-state index in [1.165, 1.54) is 17.0 Å². The van der Waals surface area contributed by atoms with Crippen LogP contribution < -0.4 is 20.3 Å². The number of benzene rings is 2. The molecule has 9 heteroatoms. The lowest BCUT2D eigenvalue weighted by atomic mass is 10.2. The van der Waals surface area contributed by atoms with Gasteiger partial charge in [-0.05, 0) is 30.3 Å². The molecule has 0 saturated carbocycles. The average molecular weight is 379 g/mol. The van der Waals surface area contributed by atoms with Gasteiger partial charge in [0.1, 0.15) is 5.75 Å². The number of para-hydroxylation sites is 1. The summed E-state index contributed by atoms with van der Waals surface area (Å²) in [4.78, 5) is 25.2. The molecule has 27 heavy (non-hydrogen) atoms. The van der Waals surface area contributed by atoms with Crippen LogP contribution in [0.4, 0.5) is 29.3 Å². The summed E-state index contributed by atoms with van der Waals surface area (Å²) in [5.74, 6) is -1.03. The van der Waals surface area contributed by atoms with E-state index in [0.717, 1.165) is 12.1 Å². The van der Waals surface area contributed by atoms with Crippen LogP contribution in [0.25, 0.3) is 0 Å². The second-order valence-electron chi connectivity index (χ2n) is 5.76. The minimum Gasteiger partial charge on any atom is -0.483 e. The van der Waals surface area contributed by atoms with Crippen molar-refractivity contribution in [3.63, 3.8) is 0 Å². The van der Waals surface area contributed by atoms with Crippen molar-refractivity contribution in [1.82, 2.24) is 5.32 Å². The zero-order valence-corrected chi connectivity index (χ0v) is 14.0. The smallest absolute Gasteiger partial charge is 0.419 e. The van der Waals surface area contributed by atoms with Gasteiger partial charge in [-0.25, -0.2) is 4.79 Å². The first-order chi connectivity index (χ1) is 12.8. The van der Waals surface area contributed by atoms with E-state index >= 15 is 0 Å². The molecule has 0 atom stereocenters. The third-order valence-corrected chi connectivity index (χ3v) is 3.85. The Morgan fingerprint density at radius 1 is 1.19 bits per heavy atom. The SMILES string of the molecule is O=C(COc1ccccc1C(F)(F)F)Nc1cccc(N2CCNC2=O)c1. The van der Waals surface area contributed by atoms with Crippen molar-refractivity contribution in [2.24, 2.45) is 0 Å². The molecule has 3 amide bonds. The van der Waals surface area contributed by atoms with Gasteiger partial charge in [-0.15, -0.1) is 0 Å². The summed E-state index contributed by atoms with van der Waals surface area (Å²) in [7, 11) is 0. The molecule has 2 aromatic carbocycles. The Balaban J connectivity index is 1.63. The molecule has 1 saturated heterocycles. The quantitative estimate of drug-likeness (QED) is 0.838. The van der Waals surface area contributed by atoms with Gasteiger partial charge < -0.3 is 15.4 Å². The molecule has 0 spiro atoms. The van der Waals surface area contributed by atoms with Crippen molar-refractivity contribution in [3.05, 3.63) is 54.1 Å². The van der Waals surface area contributed by atoms with Gasteiger partial charge in [0.25, 0.3) is 5.91 Å². The number of nitrogens with one attached hydrogen (secondary N) is 2. The van der Waals surface area contributed by atoms with Crippen molar-refractivity contribution in [2.45, 2.75) is 6.18 Å². The summed E-state index contributed by atoms with van der Waals surface area (Å²) < 4.78 is 43.8. The van der Waals surface area contributed by atoms with E-state index < -0.39 is 30.0 Å². The normalized spacial score (nSPS) is 14.0. The Bertz CT molecular complexity index is 855. The molecule has 1 heterocycles. The highest BCUT2D eigenvalue weighted by molar-refractivity contribution is 5.96. The van der Waals surface area contributed by atoms with Gasteiger partial charge in [-0.3, -0.25) is 9.69 Å². The minimum atomic E-state index is -4.57. The van der Waals surface area contributed by atoms with Crippen molar-refractivity contribution >= 4 is 23.3 Å². The zero-order valence-electron chi connectivity index (χ0n) is 14.0. The van der Waals surface area contributed by atoms with Gasteiger partial charge >= 0.3 is 12.2 Å². The van der Waals surface area contributed by atoms with Crippen LogP contribution in [-0.4, -0.2) is 31.6 Å². The van der Waals surface area contributed by atoms with Crippen LogP contribution in [0.2, 0.25) is 0 Å². The Morgan fingerprint density at radius 2 is 1.96 bits per heavy atom. The lowest BCUT2D eigenvalue weighted by Crippen LogP contribution is -2.27. The highest BCUT2D eigenvalue weighted by Gasteiger charge is 2.34. The van der Waals surface area contributed by atoms with E-state index in [2.05, 4.69) is 10.6 Å². The fourth-order valence-corrected chi connectivity index (χ4v) is 2.64. The van der Waals surface area contributed by atoms with Crippen molar-refractivity contribution < 1.29 is 27.5 Å². The topological polar surface area (TPSA) is 70.7 Å². The predicted octanol–water partition coefficient (Wildman–Crippen LogP) is 3.25. The fraction of sp³-hybridized carbons (Fsp3) is 0.222. The highest BCUT2D eigenvalue weighted by Crippen LogP contribution is 2.35. The largest absolute Gasteiger partial charge is 0.483 e. The molecule has 6 nitrogen and oxygen atoms in total. The molecule has 0 bridgehead atoms. The number of carbonyl (C=O) groups excluding carboxylic acids is 2. The zero-order chi connectivity index (χ0) is 19.4. The number of ether oxygens (including phenoxy) is 1. The van der Waals surface area contributed by atoms with E-state index in [-0.39, 0.29) is 6.03 Å². The summed E-state index contributed by atoms with van der Waals surface area (Å²) in [5.41, 5.74) is 0.0656. The number of urea groups is 1. The summed E-state index contributed by atoms with van der Waals surface area (Å²) in [5, 5.41) is 5.22. The number of halogens is 3. The first-order valence-corrected chi connectivity index (χ1v) is 8.09. The van der Waals surface area contributed by atoms with Gasteiger partial charge in [0.05, 0.1) is 5.56 Å². The van der Waals surface area contributed by atoms with Gasteiger partial charge in [-0.1, -0.05) is 18.2 Å². The molecular weight excluding hydrogens is 363 g/mol. The van der Waals surface area contributed by atoms with Crippen LogP contribution in [0, 0.1) is 0 Å². The molecule has 142 valence electrons. The third kappa shape index (κ3) is 4.49. The van der Waals surface area contributed by atoms with Gasteiger partial charge in [0, 0.05) is 24.5 Å². The lowest BCUT2D eigenvalue weighted by molar-refractivity contribution is -0.139. The Hall–Kier alpha value is -3.23. The highest BCUT2D eigenvalue weighted by atomic mass is 19.4. The summed E-state index contributed by atoms with van der Waals surface area (Å²) >= 11 is 0. The molecular formula is C18H16F3N3O3. The van der Waals surface area contributed by atoms with E-state index in [1.54, 1.807) is 24.3 Å². The fourth-order valence-electron chi connectivity index (χ4n) is 2.64. The minimum absolute atomic E-state index is 0.231. The molecule has 0 unspecified atom stereocenters. The Labute approximate surface area is 152 Å². The van der Waals surface area contributed by atoms with Crippen LogP contribution in [0.1, 0.15) is 5.56 Å². The maximum atomic E-state index is 12.9. The Kier molecular flexibility index (Phi) is 5.20. The maximum absolute atomic E-state index is 12.9. The second kappa shape index (κ2) is 7.56. The number of hydrogen-bond donors (Lipinski definition) is 2. The molecule has 2 N–H and O–H groups in total. The molecule has 1 aliphatic rings. The van der Waals surface area contributed by atoms with Gasteiger partial charge in [0.15, 0.2) is 6.61 Å². The van der Waals surface area contributed by atoms with Crippen LogP contribution in [0.15, 0.2) is 48.5 Å². The number of nitrogens with zero attached hydrogens (tertiary/aromatic N) is 1. The van der Waals surface area contributed by atoms with Crippen LogP contribution in [0.5, 0.6) is 5.75 Å². The molecule has 0 aromatic heterocycles. The van der Waals surface area contributed by atoms with Gasteiger partial charge in [0.2, 0.25) is 0 Å². The first-order valence-electron chi connectivity index (χ1n) is 8.09. The number of rotatable bonds is 5. The standard InChI is InChI=1S/C18H16F3N3O3/c19-18(20,21)14-6-1-2-7-15(14)27-11-16(25)23-12-4-3-5-13(10-12)24-9-8-22-17(24)26/h1-7,10H,8-9,11H2,(H,22,26)(H,23,25). The molecule has 1 aliphatic heterocycles. The number of carbonyl (C=O) groups is 2. The average Bonchev–Trinajstić information content (AvgIpc) is 3.06. The van der Waals surface area contributed by atoms with Crippen molar-refractivity contribution in [3.8, 4) is 5.75 Å². The lowest BCUT2D eigenvalue weighted by Gasteiger charge is -2.16. The molecule has 0 aliphatic carbocycles. The maximum Gasteiger partial charge on any atom is 0.419 e. The van der Waals surface area contributed by atoms with Crippen molar-refractivity contribution in [1.29, 1.82) is 0 Å². The predicted molar refractivity (Wildman–Crippen MR) is 92.8 cm³/mol. The van der Waals surface area contributed by atoms with E-state index in [0.29, 0.717) is 24.5 Å². The van der Waals surface area contributed by atoms with E-state index in [4.69, 9.17) is 4.74 Å². The molecule has 1 fully saturated rings. The monoisotopic (exact) mass is 379 g/mol. The summed E-state index contributed by atoms with van der Waals surface area (Å²) in [6, 6.07) is 11.0. The van der Waals surface area contributed by atoms with Gasteiger partial charge in [-0.2, -0.15) is 13.2 Å². The van der Waals surface area contributed by atoms with Crippen LogP contribution >= 0.6 is 0 Å². The Morgan fingerprint density at radius 3 is 2.67 bits per heavy atom. The van der Waals surface area contributed by atoms with Crippen LogP contribution in [-0.2, 0) is 11.0 Å². The van der Waals surface area contributed by atoms with Crippen LogP contribution in [0.3, 0.4) is 0 Å². The van der Waals surface area contributed by atoms with Crippen molar-refractivity contribution in [2.75, 3.05) is 29.9 Å². The number of anilines is 2. The summed E-state index contributed by atoms with van der Waals surface area (Å²) in [6.45, 7) is 0.455. The number of hydrogen-bond acceptors (Lipinski definition) is 3. The second-order valence-corrected chi connectivity index (χ2v) is 5.76. The van der Waals surface area contributed by atoms with E-state index in [1.807, 2.05) is 0 Å². The number of alkyl halides is 3. The molecule has 0 radical (unpaired) electrons. The third-order valence-electron chi connectivity index (χ3n) is 3.85. The number of amides is 3. The summed E-state index contributed by atoms with van der Waals surface area (Å²) in [6.07, 6.45) is -4.57. The van der Waals surface area contributed by atoms with E-state index in [9.17, 15) is 22.8 Å². The molecule has 3 rings (SSSR count).